The highest BCUT2D eigenvalue weighted by Crippen LogP contribution is 2.24. The van der Waals surface area contributed by atoms with Crippen molar-refractivity contribution in [3.63, 3.8) is 0 Å². The van der Waals surface area contributed by atoms with Gasteiger partial charge in [0.05, 0.1) is 11.4 Å². The van der Waals surface area contributed by atoms with E-state index in [0.717, 1.165) is 5.56 Å². The maximum absolute atomic E-state index is 13.1. The normalized spacial score (nSPS) is 10.9. The van der Waals surface area contributed by atoms with E-state index in [9.17, 15) is 9.18 Å². The summed E-state index contributed by atoms with van der Waals surface area (Å²) in [5, 5.41) is 8.47. The van der Waals surface area contributed by atoms with Gasteiger partial charge in [-0.05, 0) is 62.4 Å². The molecule has 9 heteroatoms. The molecule has 0 fully saturated rings. The van der Waals surface area contributed by atoms with Crippen LogP contribution in [0.4, 0.5) is 4.39 Å². The van der Waals surface area contributed by atoms with E-state index in [1.807, 2.05) is 0 Å². The molecule has 0 atom stereocenters. The summed E-state index contributed by atoms with van der Waals surface area (Å²) in [6.07, 6.45) is 0. The highest BCUT2D eigenvalue weighted by atomic mass is 35.5. The minimum absolute atomic E-state index is 0.0680. The van der Waals surface area contributed by atoms with E-state index in [1.165, 1.54) is 16.8 Å². The average molecular weight is 427 g/mol. The number of aromatic nitrogens is 4. The van der Waals surface area contributed by atoms with Crippen LogP contribution < -0.4 is 0 Å². The molecule has 0 amide bonds. The van der Waals surface area contributed by atoms with Gasteiger partial charge < -0.3 is 9.15 Å². The van der Waals surface area contributed by atoms with Gasteiger partial charge in [-0.1, -0.05) is 16.8 Å². The molecule has 152 valence electrons. The minimum Gasteiger partial charge on any atom is -0.454 e. The standard InChI is InChI=1S/C21H16ClFN4O3/c1-12-19(25-26-27(12)17-9-7-16(23)8-10-17)21(28)29-11-18-13(2)30-20(24-18)14-3-5-15(22)6-4-14/h3-10H,11H2,1-2H3. The smallest absolute Gasteiger partial charge is 0.361 e. The van der Waals surface area contributed by atoms with Crippen LogP contribution in [-0.2, 0) is 11.3 Å². The van der Waals surface area contributed by atoms with Gasteiger partial charge in [0.1, 0.15) is 23.9 Å². The fraction of sp³-hybridized carbons (Fsp3) is 0.143. The second-order valence-electron chi connectivity index (χ2n) is 6.52. The Hall–Kier alpha value is -3.52. The zero-order valence-electron chi connectivity index (χ0n) is 16.1. The van der Waals surface area contributed by atoms with Crippen LogP contribution >= 0.6 is 11.6 Å². The zero-order valence-corrected chi connectivity index (χ0v) is 16.9. The van der Waals surface area contributed by atoms with Gasteiger partial charge in [0.25, 0.3) is 0 Å². The second kappa shape index (κ2) is 8.08. The van der Waals surface area contributed by atoms with E-state index in [0.29, 0.717) is 33.7 Å². The number of carbonyl (C=O) groups excluding carboxylic acids is 1. The quantitative estimate of drug-likeness (QED) is 0.430. The van der Waals surface area contributed by atoms with Crippen molar-refractivity contribution >= 4 is 17.6 Å². The van der Waals surface area contributed by atoms with E-state index >= 15 is 0 Å². The van der Waals surface area contributed by atoms with Crippen LogP contribution in [0.15, 0.2) is 52.9 Å². The van der Waals surface area contributed by atoms with Crippen molar-refractivity contribution in [1.82, 2.24) is 20.0 Å². The summed E-state index contributed by atoms with van der Waals surface area (Å²) in [6.45, 7) is 3.34. The molecule has 4 rings (SSSR count). The number of benzene rings is 2. The van der Waals surface area contributed by atoms with Crippen LogP contribution in [0.25, 0.3) is 17.1 Å². The number of hydrogen-bond acceptors (Lipinski definition) is 6. The number of esters is 1. The third-order valence-electron chi connectivity index (χ3n) is 4.48. The van der Waals surface area contributed by atoms with Gasteiger partial charge in [0.2, 0.25) is 5.89 Å². The Morgan fingerprint density at radius 2 is 1.83 bits per heavy atom. The Labute approximate surface area is 176 Å². The Bertz CT molecular complexity index is 1200. The van der Waals surface area contributed by atoms with Crippen molar-refractivity contribution < 1.29 is 18.3 Å². The second-order valence-corrected chi connectivity index (χ2v) is 6.95. The third-order valence-corrected chi connectivity index (χ3v) is 4.73. The molecule has 4 aromatic rings. The first-order valence-electron chi connectivity index (χ1n) is 9.00. The van der Waals surface area contributed by atoms with Gasteiger partial charge in [0.15, 0.2) is 5.69 Å². The summed E-state index contributed by atoms with van der Waals surface area (Å²) in [7, 11) is 0. The van der Waals surface area contributed by atoms with Crippen LogP contribution in [0, 0.1) is 19.7 Å². The Morgan fingerprint density at radius 3 is 2.53 bits per heavy atom. The summed E-state index contributed by atoms with van der Waals surface area (Å²) in [5.41, 5.74) is 2.39. The Balaban J connectivity index is 1.48. The number of oxazole rings is 1. The molecule has 0 unspecified atom stereocenters. The van der Waals surface area contributed by atoms with E-state index in [4.69, 9.17) is 20.8 Å². The molecule has 7 nitrogen and oxygen atoms in total. The van der Waals surface area contributed by atoms with Crippen molar-refractivity contribution in [3.05, 3.63) is 82.2 Å². The molecule has 0 bridgehead atoms. The Morgan fingerprint density at radius 1 is 1.13 bits per heavy atom. The van der Waals surface area contributed by atoms with Crippen LogP contribution in [0.3, 0.4) is 0 Å². The predicted octanol–water partition coefficient (Wildman–Crippen LogP) is 4.69. The maximum Gasteiger partial charge on any atom is 0.361 e. The fourth-order valence-electron chi connectivity index (χ4n) is 2.83. The number of rotatable bonds is 5. The summed E-state index contributed by atoms with van der Waals surface area (Å²) in [6, 6.07) is 12.8. The van der Waals surface area contributed by atoms with Crippen molar-refractivity contribution in [1.29, 1.82) is 0 Å². The molecule has 2 aromatic carbocycles. The van der Waals surface area contributed by atoms with Crippen molar-refractivity contribution in [2.45, 2.75) is 20.5 Å². The van der Waals surface area contributed by atoms with E-state index in [-0.39, 0.29) is 18.1 Å². The monoisotopic (exact) mass is 426 g/mol. The summed E-state index contributed by atoms with van der Waals surface area (Å²) in [4.78, 5) is 16.9. The lowest BCUT2D eigenvalue weighted by Crippen LogP contribution is -2.09. The molecule has 0 aliphatic carbocycles. The third kappa shape index (κ3) is 3.95. The van der Waals surface area contributed by atoms with E-state index < -0.39 is 5.97 Å². The molecule has 0 N–H and O–H groups in total. The number of aryl methyl sites for hydroxylation is 1. The lowest BCUT2D eigenvalue weighted by molar-refractivity contribution is 0.0459. The number of nitrogens with zero attached hydrogens (tertiary/aromatic N) is 4. The SMILES string of the molecule is Cc1oc(-c2ccc(Cl)cc2)nc1COC(=O)c1nnn(-c2ccc(F)cc2)c1C. The van der Waals surface area contributed by atoms with Gasteiger partial charge in [-0.3, -0.25) is 0 Å². The molecule has 0 spiro atoms. The highest BCUT2D eigenvalue weighted by molar-refractivity contribution is 6.30. The zero-order chi connectivity index (χ0) is 21.3. The van der Waals surface area contributed by atoms with Gasteiger partial charge in [-0.25, -0.2) is 18.9 Å². The first kappa shape index (κ1) is 19.8. The minimum atomic E-state index is -0.642. The molecular weight excluding hydrogens is 411 g/mol. The van der Waals surface area contributed by atoms with Gasteiger partial charge in [0, 0.05) is 10.6 Å². The topological polar surface area (TPSA) is 83.0 Å². The molecule has 0 radical (unpaired) electrons. The number of halogens is 2. The molecule has 2 heterocycles. The molecule has 2 aromatic heterocycles. The molecule has 0 saturated heterocycles. The molecule has 0 saturated carbocycles. The maximum atomic E-state index is 13.1. The van der Waals surface area contributed by atoms with Crippen molar-refractivity contribution in [2.24, 2.45) is 0 Å². The summed E-state index contributed by atoms with van der Waals surface area (Å²) in [5.74, 6) is -0.0542. The van der Waals surface area contributed by atoms with E-state index in [1.54, 1.807) is 50.2 Å². The summed E-state index contributed by atoms with van der Waals surface area (Å²) < 4.78 is 25.6. The average Bonchev–Trinajstić information content (AvgIpc) is 3.30. The number of hydrogen-bond donors (Lipinski definition) is 0. The predicted molar refractivity (Wildman–Crippen MR) is 107 cm³/mol. The van der Waals surface area contributed by atoms with Crippen LogP contribution in [0.5, 0.6) is 0 Å². The first-order valence-corrected chi connectivity index (χ1v) is 9.38. The fourth-order valence-corrected chi connectivity index (χ4v) is 2.95. The molecule has 30 heavy (non-hydrogen) atoms. The molecule has 0 aliphatic rings. The Kier molecular flexibility index (Phi) is 5.33. The molecular formula is C21H16ClFN4O3. The number of carbonyl (C=O) groups is 1. The van der Waals surface area contributed by atoms with E-state index in [2.05, 4.69) is 15.3 Å². The lowest BCUT2D eigenvalue weighted by Gasteiger charge is -2.04. The van der Waals surface area contributed by atoms with Gasteiger partial charge >= 0.3 is 5.97 Å². The van der Waals surface area contributed by atoms with Crippen molar-refractivity contribution in [3.8, 4) is 17.1 Å². The first-order chi connectivity index (χ1) is 14.4. The van der Waals surface area contributed by atoms with Crippen molar-refractivity contribution in [2.75, 3.05) is 0 Å². The highest BCUT2D eigenvalue weighted by Gasteiger charge is 2.20. The van der Waals surface area contributed by atoms with Gasteiger partial charge in [-0.2, -0.15) is 0 Å². The van der Waals surface area contributed by atoms with Crippen LogP contribution in [0.2, 0.25) is 5.02 Å². The van der Waals surface area contributed by atoms with Gasteiger partial charge in [-0.15, -0.1) is 5.10 Å². The number of ether oxygens (including phenoxy) is 1. The summed E-state index contributed by atoms with van der Waals surface area (Å²) >= 11 is 5.90. The van der Waals surface area contributed by atoms with Crippen LogP contribution in [-0.4, -0.2) is 25.9 Å². The van der Waals surface area contributed by atoms with Crippen LogP contribution in [0.1, 0.15) is 27.6 Å². The lowest BCUT2D eigenvalue weighted by atomic mass is 10.2. The molecule has 0 aliphatic heterocycles. The largest absolute Gasteiger partial charge is 0.454 e.